The number of carbonyl (C=O) groups is 1. The first-order chi connectivity index (χ1) is 13.2. The quantitative estimate of drug-likeness (QED) is 0.664. The molecule has 0 N–H and O–H groups in total. The van der Waals surface area contributed by atoms with Crippen LogP contribution in [-0.2, 0) is 15.1 Å². The Balaban J connectivity index is 1.81. The van der Waals surface area contributed by atoms with Gasteiger partial charge in [0.1, 0.15) is 18.8 Å². The molecular weight excluding hydrogens is 358 g/mol. The maximum Gasteiger partial charge on any atom is 0.143 e. The molecule has 0 amide bonds. The van der Waals surface area contributed by atoms with Gasteiger partial charge in [0.2, 0.25) is 0 Å². The molecule has 1 heterocycles. The van der Waals surface area contributed by atoms with Crippen LogP contribution in [-0.4, -0.2) is 24.0 Å². The highest BCUT2D eigenvalue weighted by atomic mass is 35.5. The third-order valence-electron chi connectivity index (χ3n) is 5.99. The van der Waals surface area contributed by atoms with E-state index in [4.69, 9.17) is 16.3 Å². The van der Waals surface area contributed by atoms with E-state index in [9.17, 15) is 4.79 Å². The summed E-state index contributed by atoms with van der Waals surface area (Å²) in [5.74, 6) is 0.828. The maximum absolute atomic E-state index is 12.3. The van der Waals surface area contributed by atoms with Crippen molar-refractivity contribution >= 4 is 23.5 Å². The Labute approximate surface area is 165 Å². The highest BCUT2D eigenvalue weighted by Crippen LogP contribution is 2.48. The van der Waals surface area contributed by atoms with Crippen LogP contribution in [0, 0.1) is 0 Å². The second kappa shape index (κ2) is 7.49. The van der Waals surface area contributed by atoms with Gasteiger partial charge >= 0.3 is 0 Å². The van der Waals surface area contributed by atoms with Gasteiger partial charge in [0.05, 0.1) is 11.6 Å². The number of ether oxygens (including phenoxy) is 1. The summed E-state index contributed by atoms with van der Waals surface area (Å²) in [5.41, 5.74) is 2.95. The molecule has 2 aliphatic rings. The van der Waals surface area contributed by atoms with Crippen molar-refractivity contribution in [2.45, 2.75) is 44.2 Å². The van der Waals surface area contributed by atoms with Gasteiger partial charge < -0.3 is 9.53 Å². The number of carbonyl (C=O) groups excluding carboxylic acids is 1. The smallest absolute Gasteiger partial charge is 0.143 e. The Morgan fingerprint density at radius 2 is 1.85 bits per heavy atom. The summed E-state index contributed by atoms with van der Waals surface area (Å²) >= 11 is 6.31. The monoisotopic (exact) mass is 381 g/mol. The van der Waals surface area contributed by atoms with Crippen LogP contribution in [0.2, 0.25) is 5.02 Å². The average Bonchev–Trinajstić information content (AvgIpc) is 3.19. The van der Waals surface area contributed by atoms with Crippen molar-refractivity contribution in [2.75, 3.05) is 6.73 Å². The average molecular weight is 382 g/mol. The third-order valence-corrected chi connectivity index (χ3v) is 6.22. The summed E-state index contributed by atoms with van der Waals surface area (Å²) in [6, 6.07) is 17.8. The van der Waals surface area contributed by atoms with Crippen LogP contribution in [0.25, 0.3) is 5.57 Å². The van der Waals surface area contributed by atoms with E-state index in [-0.39, 0.29) is 11.6 Å². The van der Waals surface area contributed by atoms with E-state index in [2.05, 4.69) is 11.0 Å². The van der Waals surface area contributed by atoms with E-state index in [0.717, 1.165) is 53.9 Å². The molecule has 0 spiro atoms. The van der Waals surface area contributed by atoms with E-state index in [0.29, 0.717) is 6.73 Å². The highest BCUT2D eigenvalue weighted by Gasteiger charge is 2.47. The normalized spacial score (nSPS) is 22.5. The molecule has 27 heavy (non-hydrogen) atoms. The van der Waals surface area contributed by atoms with Gasteiger partial charge in [0, 0.05) is 10.6 Å². The molecule has 4 heteroatoms. The van der Waals surface area contributed by atoms with Gasteiger partial charge in [-0.05, 0) is 43.0 Å². The van der Waals surface area contributed by atoms with Crippen molar-refractivity contribution in [1.82, 2.24) is 4.90 Å². The summed E-state index contributed by atoms with van der Waals surface area (Å²) in [7, 11) is 0. The molecule has 0 bridgehead atoms. The molecule has 0 aromatic heterocycles. The van der Waals surface area contributed by atoms with Crippen LogP contribution in [0.15, 0.2) is 60.4 Å². The summed E-state index contributed by atoms with van der Waals surface area (Å²) in [5, 5.41) is 0.731. The number of rotatable bonds is 4. The summed E-state index contributed by atoms with van der Waals surface area (Å²) in [6.45, 7) is 2.37. The number of halogens is 1. The lowest BCUT2D eigenvalue weighted by Crippen LogP contribution is -2.54. The Morgan fingerprint density at radius 1 is 1.11 bits per heavy atom. The SMILES string of the molecule is CC1=C(c2ccccc2)C(C=O)N(C2(c3cccc(Cl)c3)CCCC2)CO1. The Hall–Kier alpha value is -2.10. The molecule has 2 aromatic rings. The number of nitrogens with zero attached hydrogens (tertiary/aromatic N) is 1. The molecule has 4 rings (SSSR count). The second-order valence-electron chi connectivity index (χ2n) is 7.41. The van der Waals surface area contributed by atoms with Gasteiger partial charge in [-0.3, -0.25) is 0 Å². The standard InChI is InChI=1S/C23H24ClNO2/c1-17-22(18-8-3-2-4-9-18)21(15-26)25(16-27-17)23(12-5-6-13-23)19-10-7-11-20(24)14-19/h2-4,7-11,14-15,21H,5-6,12-13,16H2,1H3. The topological polar surface area (TPSA) is 29.5 Å². The number of allylic oxidation sites excluding steroid dienone is 1. The van der Waals surface area contributed by atoms with Crippen molar-refractivity contribution in [3.63, 3.8) is 0 Å². The van der Waals surface area contributed by atoms with Crippen LogP contribution in [0.3, 0.4) is 0 Å². The molecule has 2 aromatic carbocycles. The van der Waals surface area contributed by atoms with Gasteiger partial charge in [0.25, 0.3) is 0 Å². The summed E-state index contributed by atoms with van der Waals surface area (Å²) in [6.07, 6.45) is 5.35. The van der Waals surface area contributed by atoms with Crippen LogP contribution in [0.1, 0.15) is 43.7 Å². The number of aldehydes is 1. The highest BCUT2D eigenvalue weighted by molar-refractivity contribution is 6.30. The fourth-order valence-electron chi connectivity index (χ4n) is 4.69. The van der Waals surface area contributed by atoms with Gasteiger partial charge in [0.15, 0.2) is 0 Å². The molecular formula is C23H24ClNO2. The molecule has 0 radical (unpaired) electrons. The lowest BCUT2D eigenvalue weighted by atomic mass is 9.83. The summed E-state index contributed by atoms with van der Waals surface area (Å²) < 4.78 is 6.09. The van der Waals surface area contributed by atoms with E-state index in [1.807, 2.05) is 55.5 Å². The minimum absolute atomic E-state index is 0.225. The van der Waals surface area contributed by atoms with Gasteiger partial charge in [-0.15, -0.1) is 0 Å². The Kier molecular flexibility index (Phi) is 5.07. The van der Waals surface area contributed by atoms with Crippen LogP contribution < -0.4 is 0 Å². The van der Waals surface area contributed by atoms with E-state index >= 15 is 0 Å². The van der Waals surface area contributed by atoms with Gasteiger partial charge in [-0.2, -0.15) is 0 Å². The first kappa shape index (κ1) is 18.3. The molecule has 0 saturated heterocycles. The number of hydrogen-bond acceptors (Lipinski definition) is 3. The van der Waals surface area contributed by atoms with Gasteiger partial charge in [-0.1, -0.05) is 66.9 Å². The van der Waals surface area contributed by atoms with Crippen LogP contribution >= 0.6 is 11.6 Å². The van der Waals surface area contributed by atoms with Crippen molar-refractivity contribution in [3.8, 4) is 0 Å². The van der Waals surface area contributed by atoms with Crippen molar-refractivity contribution in [3.05, 3.63) is 76.5 Å². The molecule has 1 aliphatic carbocycles. The van der Waals surface area contributed by atoms with E-state index in [1.165, 1.54) is 5.56 Å². The lowest BCUT2D eigenvalue weighted by molar-refractivity contribution is -0.118. The third kappa shape index (κ3) is 3.19. The fourth-order valence-corrected chi connectivity index (χ4v) is 4.88. The maximum atomic E-state index is 12.3. The molecule has 1 saturated carbocycles. The van der Waals surface area contributed by atoms with Gasteiger partial charge in [-0.25, -0.2) is 4.90 Å². The van der Waals surface area contributed by atoms with Crippen molar-refractivity contribution in [1.29, 1.82) is 0 Å². The second-order valence-corrected chi connectivity index (χ2v) is 7.85. The first-order valence-corrected chi connectivity index (χ1v) is 9.90. The summed E-state index contributed by atoms with van der Waals surface area (Å²) in [4.78, 5) is 14.6. The zero-order valence-electron chi connectivity index (χ0n) is 15.5. The fraction of sp³-hybridized carbons (Fsp3) is 0.348. The molecule has 1 unspecified atom stereocenters. The minimum atomic E-state index is -0.335. The van der Waals surface area contributed by atoms with Crippen LogP contribution in [0.5, 0.6) is 0 Å². The zero-order valence-corrected chi connectivity index (χ0v) is 16.3. The molecule has 1 atom stereocenters. The van der Waals surface area contributed by atoms with E-state index in [1.54, 1.807) is 0 Å². The predicted octanol–water partition coefficient (Wildman–Crippen LogP) is 5.40. The lowest BCUT2D eigenvalue weighted by Gasteiger charge is -2.47. The largest absolute Gasteiger partial charge is 0.482 e. The first-order valence-electron chi connectivity index (χ1n) is 9.53. The minimum Gasteiger partial charge on any atom is -0.482 e. The molecule has 1 aliphatic heterocycles. The predicted molar refractivity (Wildman–Crippen MR) is 108 cm³/mol. The van der Waals surface area contributed by atoms with Crippen molar-refractivity contribution in [2.24, 2.45) is 0 Å². The Morgan fingerprint density at radius 3 is 2.52 bits per heavy atom. The molecule has 1 fully saturated rings. The molecule has 3 nitrogen and oxygen atoms in total. The Bertz CT molecular complexity index is 856. The van der Waals surface area contributed by atoms with Crippen LogP contribution in [0.4, 0.5) is 0 Å². The van der Waals surface area contributed by atoms with Crippen molar-refractivity contribution < 1.29 is 9.53 Å². The zero-order chi connectivity index (χ0) is 18.9. The number of benzene rings is 2. The molecule has 140 valence electrons. The number of hydrogen-bond donors (Lipinski definition) is 0. The van der Waals surface area contributed by atoms with E-state index < -0.39 is 0 Å².